The van der Waals surface area contributed by atoms with E-state index in [1.807, 2.05) is 33.8 Å². The monoisotopic (exact) mass is 328 g/mol. The Labute approximate surface area is 142 Å². The van der Waals surface area contributed by atoms with Crippen molar-refractivity contribution in [1.29, 1.82) is 0 Å². The largest absolute Gasteiger partial charge is 0.375 e. The summed E-state index contributed by atoms with van der Waals surface area (Å²) in [7, 11) is 1.55. The summed E-state index contributed by atoms with van der Waals surface area (Å²) in [5.41, 5.74) is 2.83. The Morgan fingerprint density at radius 2 is 2.21 bits per heavy atom. The maximum Gasteiger partial charge on any atom is 0.249 e. The van der Waals surface area contributed by atoms with Gasteiger partial charge in [-0.3, -0.25) is 9.48 Å². The van der Waals surface area contributed by atoms with E-state index >= 15 is 0 Å². The van der Waals surface area contributed by atoms with Gasteiger partial charge in [-0.25, -0.2) is 4.98 Å². The Morgan fingerprint density at radius 3 is 2.96 bits per heavy atom. The van der Waals surface area contributed by atoms with Crippen molar-refractivity contribution in [3.05, 3.63) is 36.2 Å². The molecule has 3 rings (SSSR count). The van der Waals surface area contributed by atoms with E-state index in [4.69, 9.17) is 9.72 Å². The smallest absolute Gasteiger partial charge is 0.249 e. The SMILES string of the molecule is COCC(=O)N1CCCC1c1cccc(-c2ccnn2C(C)C)n1. The quantitative estimate of drug-likeness (QED) is 0.847. The predicted octanol–water partition coefficient (Wildman–Crippen LogP) is 2.84. The minimum atomic E-state index is 0.0272. The Kier molecular flexibility index (Phi) is 4.94. The molecule has 6 heteroatoms. The van der Waals surface area contributed by atoms with Gasteiger partial charge in [-0.1, -0.05) is 6.07 Å². The van der Waals surface area contributed by atoms with Crippen molar-refractivity contribution in [2.24, 2.45) is 0 Å². The number of nitrogens with zero attached hydrogens (tertiary/aromatic N) is 4. The number of carbonyl (C=O) groups excluding carboxylic acids is 1. The predicted molar refractivity (Wildman–Crippen MR) is 91.4 cm³/mol. The number of ether oxygens (including phenoxy) is 1. The maximum absolute atomic E-state index is 12.2. The van der Waals surface area contributed by atoms with Crippen LogP contribution in [0.3, 0.4) is 0 Å². The van der Waals surface area contributed by atoms with Gasteiger partial charge in [0.2, 0.25) is 5.91 Å². The molecule has 2 aromatic rings. The third-order valence-electron chi connectivity index (χ3n) is 4.37. The molecule has 0 aliphatic carbocycles. The summed E-state index contributed by atoms with van der Waals surface area (Å²) in [5, 5.41) is 4.38. The molecule has 0 radical (unpaired) electrons. The van der Waals surface area contributed by atoms with Crippen molar-refractivity contribution in [1.82, 2.24) is 19.7 Å². The minimum absolute atomic E-state index is 0.0272. The zero-order chi connectivity index (χ0) is 17.1. The standard InChI is InChI=1S/C18H24N4O2/c1-13(2)22-17(9-10-19-22)15-7-4-6-14(20-15)16-8-5-11-21(16)18(23)12-24-3/h4,6-7,9-10,13,16H,5,8,11-12H2,1-3H3. The first-order chi connectivity index (χ1) is 11.6. The molecule has 1 amide bonds. The number of aromatic nitrogens is 3. The highest BCUT2D eigenvalue weighted by Crippen LogP contribution is 2.32. The fraction of sp³-hybridized carbons (Fsp3) is 0.500. The first-order valence-electron chi connectivity index (χ1n) is 8.41. The number of amides is 1. The van der Waals surface area contributed by atoms with Crippen molar-refractivity contribution in [2.45, 2.75) is 38.8 Å². The molecule has 3 heterocycles. The molecular weight excluding hydrogens is 304 g/mol. The van der Waals surface area contributed by atoms with E-state index in [9.17, 15) is 4.79 Å². The lowest BCUT2D eigenvalue weighted by atomic mass is 10.1. The molecule has 2 aromatic heterocycles. The van der Waals surface area contributed by atoms with Crippen LogP contribution in [0.25, 0.3) is 11.4 Å². The molecule has 1 saturated heterocycles. The van der Waals surface area contributed by atoms with Gasteiger partial charge in [-0.2, -0.15) is 5.10 Å². The average Bonchev–Trinajstić information content (AvgIpc) is 3.24. The number of rotatable bonds is 5. The molecule has 1 atom stereocenters. The Morgan fingerprint density at radius 1 is 1.38 bits per heavy atom. The van der Waals surface area contributed by atoms with Gasteiger partial charge in [0.15, 0.2) is 0 Å². The second-order valence-corrected chi connectivity index (χ2v) is 6.38. The molecule has 1 unspecified atom stereocenters. The summed E-state index contributed by atoms with van der Waals surface area (Å²) in [5.74, 6) is 0.0272. The number of hydrogen-bond donors (Lipinski definition) is 0. The van der Waals surface area contributed by atoms with Crippen molar-refractivity contribution in [3.63, 3.8) is 0 Å². The van der Waals surface area contributed by atoms with E-state index < -0.39 is 0 Å². The van der Waals surface area contributed by atoms with Crippen LogP contribution >= 0.6 is 0 Å². The van der Waals surface area contributed by atoms with Crippen LogP contribution in [0.4, 0.5) is 0 Å². The van der Waals surface area contributed by atoms with Crippen LogP contribution < -0.4 is 0 Å². The van der Waals surface area contributed by atoms with Crippen LogP contribution in [0, 0.1) is 0 Å². The van der Waals surface area contributed by atoms with E-state index in [1.54, 1.807) is 13.3 Å². The Balaban J connectivity index is 1.90. The van der Waals surface area contributed by atoms with Crippen LogP contribution in [0.5, 0.6) is 0 Å². The lowest BCUT2D eigenvalue weighted by molar-refractivity contribution is -0.136. The van der Waals surface area contributed by atoms with Gasteiger partial charge in [-0.15, -0.1) is 0 Å². The average molecular weight is 328 g/mol. The van der Waals surface area contributed by atoms with Crippen molar-refractivity contribution in [2.75, 3.05) is 20.3 Å². The van der Waals surface area contributed by atoms with Crippen LogP contribution in [-0.4, -0.2) is 45.8 Å². The highest BCUT2D eigenvalue weighted by molar-refractivity contribution is 5.78. The third kappa shape index (κ3) is 3.19. The molecule has 0 spiro atoms. The van der Waals surface area contributed by atoms with Gasteiger partial charge in [0, 0.05) is 25.9 Å². The van der Waals surface area contributed by atoms with Crippen molar-refractivity contribution >= 4 is 5.91 Å². The van der Waals surface area contributed by atoms with Gasteiger partial charge in [0.05, 0.1) is 23.1 Å². The normalized spacial score (nSPS) is 17.7. The lowest BCUT2D eigenvalue weighted by Crippen LogP contribution is -2.33. The zero-order valence-corrected chi connectivity index (χ0v) is 14.5. The molecule has 1 fully saturated rings. The fourth-order valence-corrected chi connectivity index (χ4v) is 3.29. The second kappa shape index (κ2) is 7.13. The van der Waals surface area contributed by atoms with Gasteiger partial charge in [0.1, 0.15) is 6.61 Å². The summed E-state index contributed by atoms with van der Waals surface area (Å²) >= 11 is 0. The molecule has 1 aliphatic rings. The molecule has 0 N–H and O–H groups in total. The number of hydrogen-bond acceptors (Lipinski definition) is 4. The van der Waals surface area contributed by atoms with Crippen LogP contribution in [-0.2, 0) is 9.53 Å². The van der Waals surface area contributed by atoms with E-state index in [1.165, 1.54) is 0 Å². The van der Waals surface area contributed by atoms with E-state index in [-0.39, 0.29) is 24.6 Å². The fourth-order valence-electron chi connectivity index (χ4n) is 3.29. The molecule has 1 aliphatic heterocycles. The number of carbonyl (C=O) groups is 1. The Bertz CT molecular complexity index is 711. The summed E-state index contributed by atoms with van der Waals surface area (Å²) < 4.78 is 6.97. The summed E-state index contributed by atoms with van der Waals surface area (Å²) in [4.78, 5) is 19.0. The second-order valence-electron chi connectivity index (χ2n) is 6.38. The van der Waals surface area contributed by atoms with E-state index in [0.29, 0.717) is 0 Å². The zero-order valence-electron chi connectivity index (χ0n) is 14.5. The third-order valence-corrected chi connectivity index (χ3v) is 4.37. The summed E-state index contributed by atoms with van der Waals surface area (Å²) in [6, 6.07) is 8.29. The molecule has 128 valence electrons. The topological polar surface area (TPSA) is 60.2 Å². The molecule has 6 nitrogen and oxygen atoms in total. The molecule has 24 heavy (non-hydrogen) atoms. The van der Waals surface area contributed by atoms with Crippen LogP contribution in [0.1, 0.15) is 44.5 Å². The number of likely N-dealkylation sites (tertiary alicyclic amines) is 1. The Hall–Kier alpha value is -2.21. The molecule has 0 saturated carbocycles. The maximum atomic E-state index is 12.2. The van der Waals surface area contributed by atoms with Crippen LogP contribution in [0.2, 0.25) is 0 Å². The van der Waals surface area contributed by atoms with Gasteiger partial charge in [-0.05, 0) is 44.9 Å². The molecule has 0 aromatic carbocycles. The molecular formula is C18H24N4O2. The number of pyridine rings is 1. The van der Waals surface area contributed by atoms with Crippen molar-refractivity contribution < 1.29 is 9.53 Å². The first kappa shape index (κ1) is 16.6. The highest BCUT2D eigenvalue weighted by atomic mass is 16.5. The van der Waals surface area contributed by atoms with E-state index in [0.717, 1.165) is 36.5 Å². The van der Waals surface area contributed by atoms with Crippen LogP contribution in [0.15, 0.2) is 30.5 Å². The lowest BCUT2D eigenvalue weighted by Gasteiger charge is -2.24. The van der Waals surface area contributed by atoms with Crippen molar-refractivity contribution in [3.8, 4) is 11.4 Å². The number of methoxy groups -OCH3 is 1. The first-order valence-corrected chi connectivity index (χ1v) is 8.41. The minimum Gasteiger partial charge on any atom is -0.375 e. The highest BCUT2D eigenvalue weighted by Gasteiger charge is 2.30. The van der Waals surface area contributed by atoms with Gasteiger partial charge >= 0.3 is 0 Å². The summed E-state index contributed by atoms with van der Waals surface area (Å²) in [6.45, 7) is 5.09. The van der Waals surface area contributed by atoms with Gasteiger partial charge in [0.25, 0.3) is 0 Å². The molecule has 0 bridgehead atoms. The van der Waals surface area contributed by atoms with Gasteiger partial charge < -0.3 is 9.64 Å². The summed E-state index contributed by atoms with van der Waals surface area (Å²) in [6.07, 6.45) is 3.74. The van der Waals surface area contributed by atoms with E-state index in [2.05, 4.69) is 18.9 Å².